The Labute approximate surface area is 120 Å². The lowest BCUT2D eigenvalue weighted by Crippen LogP contribution is -2.29. The molecule has 1 atom stereocenters. The van der Waals surface area contributed by atoms with Crippen molar-refractivity contribution in [1.82, 2.24) is 0 Å². The zero-order valence-corrected chi connectivity index (χ0v) is 12.8. The molecule has 0 saturated heterocycles. The van der Waals surface area contributed by atoms with Crippen molar-refractivity contribution in [2.75, 3.05) is 5.88 Å². The summed E-state index contributed by atoms with van der Waals surface area (Å²) in [4.78, 5) is 4.09. The van der Waals surface area contributed by atoms with E-state index >= 15 is 0 Å². The normalized spacial score (nSPS) is 15.8. The smallest absolute Gasteiger partial charge is 0.107 e. The Morgan fingerprint density at radius 1 is 1.28 bits per heavy atom. The molecule has 0 fully saturated rings. The fourth-order valence-corrected chi connectivity index (χ4v) is 2.48. The van der Waals surface area contributed by atoms with Gasteiger partial charge in [0.2, 0.25) is 0 Å². The zero-order chi connectivity index (χ0) is 13.6. The molecule has 0 N–H and O–H groups in total. The van der Waals surface area contributed by atoms with E-state index in [9.17, 15) is 0 Å². The van der Waals surface area contributed by atoms with Gasteiger partial charge in [-0.3, -0.25) is 4.99 Å². The summed E-state index contributed by atoms with van der Waals surface area (Å²) in [6.07, 6.45) is 1.69. The molecule has 1 aromatic rings. The van der Waals surface area contributed by atoms with Gasteiger partial charge in [0.05, 0.1) is 0 Å². The van der Waals surface area contributed by atoms with Gasteiger partial charge >= 0.3 is 0 Å². The lowest BCUT2D eigenvalue weighted by Gasteiger charge is -2.28. The Bertz CT molecular complexity index is 387. The van der Waals surface area contributed by atoms with Crippen LogP contribution in [0.25, 0.3) is 0 Å². The lowest BCUT2D eigenvalue weighted by molar-refractivity contribution is 0.675. The molecular weight excluding hydrogens is 265 g/mol. The summed E-state index contributed by atoms with van der Waals surface area (Å²) in [5.41, 5.74) is 2.06. The molecule has 0 aromatic heterocycles. The van der Waals surface area contributed by atoms with Crippen molar-refractivity contribution in [2.45, 2.75) is 44.5 Å². The minimum Gasteiger partial charge on any atom is -0.289 e. The number of aliphatic imine (C=N–C) groups is 1. The molecular formula is C15H21Cl2N. The molecule has 1 unspecified atom stereocenters. The second-order valence-electron chi connectivity index (χ2n) is 4.77. The summed E-state index contributed by atoms with van der Waals surface area (Å²) >= 11 is 12.7. The predicted molar refractivity (Wildman–Crippen MR) is 82.2 cm³/mol. The molecule has 0 heterocycles. The average Bonchev–Trinajstić information content (AvgIpc) is 2.36. The fourth-order valence-electron chi connectivity index (χ4n) is 2.04. The molecule has 0 saturated carbocycles. The third-order valence-corrected chi connectivity index (χ3v) is 3.86. The molecule has 0 amide bonds. The third-order valence-electron chi connectivity index (χ3n) is 2.91. The van der Waals surface area contributed by atoms with E-state index in [2.05, 4.69) is 31.0 Å². The predicted octanol–water partition coefficient (Wildman–Crippen LogP) is 5.01. The third kappa shape index (κ3) is 4.00. The van der Waals surface area contributed by atoms with Gasteiger partial charge in [-0.25, -0.2) is 0 Å². The van der Waals surface area contributed by atoms with Crippen molar-refractivity contribution in [1.29, 1.82) is 0 Å². The molecule has 1 aromatic carbocycles. The van der Waals surface area contributed by atoms with Gasteiger partial charge in [0.15, 0.2) is 0 Å². The summed E-state index contributed by atoms with van der Waals surface area (Å²) in [7, 11) is 0. The number of halogens is 2. The molecule has 3 heteroatoms. The van der Waals surface area contributed by atoms with Crippen molar-refractivity contribution < 1.29 is 0 Å². The minimum absolute atomic E-state index is 0.253. The number of hydrogen-bond donors (Lipinski definition) is 0. The topological polar surface area (TPSA) is 12.4 Å². The first-order chi connectivity index (χ1) is 8.50. The van der Waals surface area contributed by atoms with Crippen molar-refractivity contribution in [3.63, 3.8) is 0 Å². The number of hydrogen-bond acceptors (Lipinski definition) is 1. The number of benzene rings is 1. The van der Waals surface area contributed by atoms with Crippen LogP contribution < -0.4 is 0 Å². The van der Waals surface area contributed by atoms with Crippen LogP contribution in [-0.2, 0) is 4.87 Å². The fraction of sp³-hybridized carbons (Fsp3) is 0.533. The van der Waals surface area contributed by atoms with E-state index in [4.69, 9.17) is 23.2 Å². The second kappa shape index (κ2) is 7.16. The molecule has 1 nitrogen and oxygen atoms in total. The van der Waals surface area contributed by atoms with Gasteiger partial charge in [0.1, 0.15) is 4.87 Å². The quantitative estimate of drug-likeness (QED) is 0.515. The summed E-state index contributed by atoms with van der Waals surface area (Å²) in [5.74, 6) is 0.621. The van der Waals surface area contributed by atoms with Crippen LogP contribution in [-0.4, -0.2) is 17.6 Å². The first-order valence-electron chi connectivity index (χ1n) is 6.36. The standard InChI is InChI=1S/C15H21Cl2N/c1-12(2)18-13(3)15(17,10-7-11-16)14-8-5-4-6-9-14/h4-6,8-9,12H,7,10-11H2,1-3H3. The first kappa shape index (κ1) is 15.5. The van der Waals surface area contributed by atoms with E-state index in [0.29, 0.717) is 5.88 Å². The van der Waals surface area contributed by atoms with Gasteiger partial charge in [-0.05, 0) is 39.2 Å². The van der Waals surface area contributed by atoms with E-state index in [1.165, 1.54) is 0 Å². The van der Waals surface area contributed by atoms with Crippen molar-refractivity contribution in [3.05, 3.63) is 35.9 Å². The molecule has 0 bridgehead atoms. The van der Waals surface area contributed by atoms with E-state index < -0.39 is 4.87 Å². The van der Waals surface area contributed by atoms with Gasteiger partial charge in [0.25, 0.3) is 0 Å². The highest BCUT2D eigenvalue weighted by Gasteiger charge is 2.32. The van der Waals surface area contributed by atoms with Crippen molar-refractivity contribution in [2.24, 2.45) is 4.99 Å². The van der Waals surface area contributed by atoms with Crippen LogP contribution in [0.3, 0.4) is 0 Å². The summed E-state index contributed by atoms with van der Waals surface area (Å²) < 4.78 is 0. The van der Waals surface area contributed by atoms with Crippen LogP contribution in [0.2, 0.25) is 0 Å². The lowest BCUT2D eigenvalue weighted by atomic mass is 9.89. The summed E-state index contributed by atoms with van der Waals surface area (Å²) in [5, 5.41) is 0. The Kier molecular flexibility index (Phi) is 6.17. The van der Waals surface area contributed by atoms with Gasteiger partial charge < -0.3 is 0 Å². The van der Waals surface area contributed by atoms with Gasteiger partial charge in [0, 0.05) is 17.6 Å². The maximum atomic E-state index is 6.85. The van der Waals surface area contributed by atoms with Crippen LogP contribution in [0, 0.1) is 0 Å². The monoisotopic (exact) mass is 285 g/mol. The Balaban J connectivity index is 3.10. The highest BCUT2D eigenvalue weighted by Crippen LogP contribution is 2.36. The van der Waals surface area contributed by atoms with Gasteiger partial charge in [-0.1, -0.05) is 30.3 Å². The van der Waals surface area contributed by atoms with E-state index in [1.54, 1.807) is 0 Å². The number of alkyl halides is 2. The van der Waals surface area contributed by atoms with Crippen LogP contribution in [0.1, 0.15) is 39.2 Å². The molecule has 18 heavy (non-hydrogen) atoms. The van der Waals surface area contributed by atoms with Crippen molar-refractivity contribution >= 4 is 28.9 Å². The van der Waals surface area contributed by atoms with Gasteiger partial charge in [-0.2, -0.15) is 0 Å². The highest BCUT2D eigenvalue weighted by atomic mass is 35.5. The molecule has 1 rings (SSSR count). The Morgan fingerprint density at radius 3 is 2.39 bits per heavy atom. The maximum absolute atomic E-state index is 6.85. The van der Waals surface area contributed by atoms with Crippen LogP contribution >= 0.6 is 23.2 Å². The Morgan fingerprint density at radius 2 is 1.89 bits per heavy atom. The first-order valence-corrected chi connectivity index (χ1v) is 7.27. The number of rotatable bonds is 6. The van der Waals surface area contributed by atoms with Crippen LogP contribution in [0.4, 0.5) is 0 Å². The average molecular weight is 286 g/mol. The second-order valence-corrected chi connectivity index (χ2v) is 5.79. The van der Waals surface area contributed by atoms with Gasteiger partial charge in [-0.15, -0.1) is 23.2 Å². The van der Waals surface area contributed by atoms with E-state index in [0.717, 1.165) is 24.1 Å². The SMILES string of the molecule is CC(=NC(C)C)C(Cl)(CCCCl)c1ccccc1. The largest absolute Gasteiger partial charge is 0.289 e. The maximum Gasteiger partial charge on any atom is 0.107 e. The van der Waals surface area contributed by atoms with Crippen LogP contribution in [0.15, 0.2) is 35.3 Å². The molecule has 0 spiro atoms. The van der Waals surface area contributed by atoms with Crippen LogP contribution in [0.5, 0.6) is 0 Å². The Hall–Kier alpha value is -0.530. The van der Waals surface area contributed by atoms with E-state index in [-0.39, 0.29) is 6.04 Å². The molecule has 0 radical (unpaired) electrons. The van der Waals surface area contributed by atoms with Crippen molar-refractivity contribution in [3.8, 4) is 0 Å². The zero-order valence-electron chi connectivity index (χ0n) is 11.3. The summed E-state index contributed by atoms with van der Waals surface area (Å²) in [6.45, 7) is 6.13. The molecule has 0 aliphatic heterocycles. The minimum atomic E-state index is -0.527. The molecule has 0 aliphatic rings. The molecule has 0 aliphatic carbocycles. The number of nitrogens with zero attached hydrogens (tertiary/aromatic N) is 1. The van der Waals surface area contributed by atoms with E-state index in [1.807, 2.05) is 25.1 Å². The summed E-state index contributed by atoms with van der Waals surface area (Å²) in [6, 6.07) is 10.4. The highest BCUT2D eigenvalue weighted by molar-refractivity contribution is 6.35. The molecule has 100 valence electrons.